The molecular formula is C17H10Br3IN2O3. The first-order valence-electron chi connectivity index (χ1n) is 7.14. The van der Waals surface area contributed by atoms with Gasteiger partial charge < -0.3 is 9.15 Å². The van der Waals surface area contributed by atoms with Crippen LogP contribution in [0.1, 0.15) is 16.1 Å². The fraction of sp³-hybridized carbons (Fsp3) is 0.0588. The van der Waals surface area contributed by atoms with Crippen LogP contribution in [0.5, 0.6) is 5.75 Å². The molecule has 0 unspecified atom stereocenters. The number of carbonyl (C=O) groups is 1. The van der Waals surface area contributed by atoms with Gasteiger partial charge in [-0.25, -0.2) is 5.43 Å². The third-order valence-electron chi connectivity index (χ3n) is 3.36. The van der Waals surface area contributed by atoms with Gasteiger partial charge in [-0.15, -0.1) is 0 Å². The standard InChI is InChI=1S/C17H10Br3IN2O3/c1-25-16-11(19)2-8(3-12(16)20)7-22-23-17(24)14-5-9-4-10(18)6-13(21)15(9)26-14/h2-7H,1H3,(H,23,24)/b22-7-. The molecular weight excluding hydrogens is 647 g/mol. The van der Waals surface area contributed by atoms with Gasteiger partial charge in [0.25, 0.3) is 0 Å². The zero-order valence-electron chi connectivity index (χ0n) is 13.1. The highest BCUT2D eigenvalue weighted by molar-refractivity contribution is 14.1. The molecule has 0 aliphatic rings. The number of furan rings is 1. The number of hydrazone groups is 1. The van der Waals surface area contributed by atoms with Crippen molar-refractivity contribution in [1.29, 1.82) is 0 Å². The molecule has 9 heteroatoms. The smallest absolute Gasteiger partial charge is 0.307 e. The van der Waals surface area contributed by atoms with Gasteiger partial charge in [0.05, 0.1) is 25.8 Å². The Morgan fingerprint density at radius 1 is 1.19 bits per heavy atom. The number of amides is 1. The molecule has 0 aliphatic carbocycles. The van der Waals surface area contributed by atoms with Crippen molar-refractivity contribution in [2.75, 3.05) is 7.11 Å². The van der Waals surface area contributed by atoms with Crippen molar-refractivity contribution < 1.29 is 13.9 Å². The van der Waals surface area contributed by atoms with Crippen molar-refractivity contribution in [3.8, 4) is 5.75 Å². The predicted molar refractivity (Wildman–Crippen MR) is 120 cm³/mol. The largest absolute Gasteiger partial charge is 0.494 e. The molecule has 0 atom stereocenters. The lowest BCUT2D eigenvalue weighted by atomic mass is 10.2. The maximum absolute atomic E-state index is 12.3. The molecule has 1 heterocycles. The van der Waals surface area contributed by atoms with Crippen LogP contribution in [0.3, 0.4) is 0 Å². The Morgan fingerprint density at radius 2 is 1.88 bits per heavy atom. The number of rotatable bonds is 4. The average molecular weight is 657 g/mol. The summed E-state index contributed by atoms with van der Waals surface area (Å²) in [6.45, 7) is 0. The average Bonchev–Trinajstić information content (AvgIpc) is 2.99. The van der Waals surface area contributed by atoms with Crippen LogP contribution in [0.4, 0.5) is 0 Å². The van der Waals surface area contributed by atoms with Crippen molar-refractivity contribution in [3.05, 3.63) is 58.6 Å². The Kier molecular flexibility index (Phi) is 6.41. The maximum atomic E-state index is 12.3. The van der Waals surface area contributed by atoms with Crippen LogP contribution in [0.15, 0.2) is 53.3 Å². The highest BCUT2D eigenvalue weighted by Gasteiger charge is 2.14. The van der Waals surface area contributed by atoms with E-state index in [9.17, 15) is 4.79 Å². The summed E-state index contributed by atoms with van der Waals surface area (Å²) in [7, 11) is 1.59. The summed E-state index contributed by atoms with van der Waals surface area (Å²) in [4.78, 5) is 12.3. The van der Waals surface area contributed by atoms with E-state index < -0.39 is 5.91 Å². The molecule has 5 nitrogen and oxygen atoms in total. The van der Waals surface area contributed by atoms with Crippen molar-refractivity contribution in [1.82, 2.24) is 5.43 Å². The second kappa shape index (κ2) is 8.41. The monoisotopic (exact) mass is 654 g/mol. The number of benzene rings is 2. The first kappa shape index (κ1) is 19.8. The summed E-state index contributed by atoms with van der Waals surface area (Å²) in [6, 6.07) is 9.17. The lowest BCUT2D eigenvalue weighted by Crippen LogP contribution is -2.16. The van der Waals surface area contributed by atoms with E-state index in [-0.39, 0.29) is 5.76 Å². The van der Waals surface area contributed by atoms with Crippen molar-refractivity contribution in [2.45, 2.75) is 0 Å². The molecule has 0 saturated carbocycles. The fourth-order valence-corrected chi connectivity index (χ4v) is 5.46. The van der Waals surface area contributed by atoms with Gasteiger partial charge in [-0.05, 0) is 90.3 Å². The van der Waals surface area contributed by atoms with Gasteiger partial charge in [0, 0.05) is 9.86 Å². The minimum Gasteiger partial charge on any atom is -0.494 e. The Labute approximate surface area is 188 Å². The van der Waals surface area contributed by atoms with Crippen LogP contribution in [-0.2, 0) is 0 Å². The normalized spacial score (nSPS) is 11.3. The number of carbonyl (C=O) groups excluding carboxylic acids is 1. The maximum Gasteiger partial charge on any atom is 0.307 e. The van der Waals surface area contributed by atoms with Gasteiger partial charge in [0.1, 0.15) is 11.3 Å². The second-order valence-corrected chi connectivity index (χ2v) is 8.92. The van der Waals surface area contributed by atoms with Crippen molar-refractivity contribution >= 4 is 93.5 Å². The van der Waals surface area contributed by atoms with Crippen LogP contribution in [0, 0.1) is 3.57 Å². The van der Waals surface area contributed by atoms with Crippen LogP contribution in [0.2, 0.25) is 0 Å². The number of nitrogens with zero attached hydrogens (tertiary/aromatic N) is 1. The fourth-order valence-electron chi connectivity index (χ4n) is 2.26. The van der Waals surface area contributed by atoms with E-state index in [1.165, 1.54) is 6.21 Å². The molecule has 0 fully saturated rings. The topological polar surface area (TPSA) is 63.8 Å². The van der Waals surface area contributed by atoms with E-state index in [0.717, 1.165) is 27.9 Å². The number of fused-ring (bicyclic) bond motifs is 1. The van der Waals surface area contributed by atoms with E-state index in [0.29, 0.717) is 11.3 Å². The minimum absolute atomic E-state index is 0.199. The summed E-state index contributed by atoms with van der Waals surface area (Å²) in [5.74, 6) is 0.468. The molecule has 0 aliphatic heterocycles. The molecule has 1 amide bonds. The number of methoxy groups -OCH3 is 1. The highest BCUT2D eigenvalue weighted by Crippen LogP contribution is 2.34. The third-order valence-corrected chi connectivity index (χ3v) is 5.80. The van der Waals surface area contributed by atoms with Crippen LogP contribution < -0.4 is 10.2 Å². The minimum atomic E-state index is -0.420. The molecule has 26 heavy (non-hydrogen) atoms. The van der Waals surface area contributed by atoms with E-state index >= 15 is 0 Å². The molecule has 3 rings (SSSR count). The third kappa shape index (κ3) is 4.32. The van der Waals surface area contributed by atoms with Crippen LogP contribution in [0.25, 0.3) is 11.0 Å². The number of hydrogen-bond donors (Lipinski definition) is 1. The van der Waals surface area contributed by atoms with Crippen LogP contribution in [-0.4, -0.2) is 19.2 Å². The predicted octanol–water partition coefficient (Wildman–Crippen LogP) is 6.10. The Hall–Kier alpha value is -0.910. The van der Waals surface area contributed by atoms with E-state index in [4.69, 9.17) is 9.15 Å². The Morgan fingerprint density at radius 3 is 2.54 bits per heavy atom. The summed E-state index contributed by atoms with van der Waals surface area (Å²) < 4.78 is 14.3. The Bertz CT molecular complexity index is 1010. The van der Waals surface area contributed by atoms with Gasteiger partial charge in [0.15, 0.2) is 5.76 Å². The summed E-state index contributed by atoms with van der Waals surface area (Å²) in [5.41, 5.74) is 3.93. The van der Waals surface area contributed by atoms with Gasteiger partial charge in [0.2, 0.25) is 0 Å². The molecule has 1 aromatic heterocycles. The SMILES string of the molecule is COc1c(Br)cc(/C=N\NC(=O)c2cc3cc(Br)cc(I)c3o2)cc1Br. The van der Waals surface area contributed by atoms with Gasteiger partial charge in [-0.3, -0.25) is 4.79 Å². The van der Waals surface area contributed by atoms with Crippen LogP contribution >= 0.6 is 70.4 Å². The molecule has 0 radical (unpaired) electrons. The first-order chi connectivity index (χ1) is 12.4. The van der Waals surface area contributed by atoms with E-state index in [1.54, 1.807) is 13.2 Å². The van der Waals surface area contributed by atoms with Gasteiger partial charge in [-0.1, -0.05) is 15.9 Å². The summed E-state index contributed by atoms with van der Waals surface area (Å²) in [6.07, 6.45) is 1.54. The van der Waals surface area contributed by atoms with E-state index in [1.807, 2.05) is 24.3 Å². The quantitative estimate of drug-likeness (QED) is 0.210. The number of hydrogen-bond acceptors (Lipinski definition) is 4. The molecule has 3 aromatic rings. The number of halogens is 4. The highest BCUT2D eigenvalue weighted by atomic mass is 127. The number of ether oxygens (including phenoxy) is 1. The van der Waals surface area contributed by atoms with Crippen molar-refractivity contribution in [2.24, 2.45) is 5.10 Å². The molecule has 0 spiro atoms. The summed E-state index contributed by atoms with van der Waals surface area (Å²) in [5, 5.41) is 4.84. The lowest BCUT2D eigenvalue weighted by molar-refractivity contribution is 0.0929. The second-order valence-electron chi connectivity index (χ2n) is 5.13. The zero-order valence-corrected chi connectivity index (χ0v) is 20.1. The lowest BCUT2D eigenvalue weighted by Gasteiger charge is -2.06. The molecule has 134 valence electrons. The molecule has 2 aromatic carbocycles. The van der Waals surface area contributed by atoms with Gasteiger partial charge >= 0.3 is 5.91 Å². The van der Waals surface area contributed by atoms with Crippen molar-refractivity contribution in [3.63, 3.8) is 0 Å². The number of nitrogens with one attached hydrogen (secondary N) is 1. The first-order valence-corrected chi connectivity index (χ1v) is 10.6. The molecule has 0 bridgehead atoms. The van der Waals surface area contributed by atoms with Gasteiger partial charge in [-0.2, -0.15) is 5.10 Å². The zero-order chi connectivity index (χ0) is 18.8. The Balaban J connectivity index is 1.77. The molecule has 1 N–H and O–H groups in total. The summed E-state index contributed by atoms with van der Waals surface area (Å²) >= 11 is 12.4. The van der Waals surface area contributed by atoms with E-state index in [2.05, 4.69) is 80.9 Å². The molecule has 0 saturated heterocycles.